The lowest BCUT2D eigenvalue weighted by Crippen LogP contribution is -2.26. The van der Waals surface area contributed by atoms with Crippen molar-refractivity contribution in [3.8, 4) is 11.5 Å². The van der Waals surface area contributed by atoms with Gasteiger partial charge in [-0.2, -0.15) is 0 Å². The van der Waals surface area contributed by atoms with Crippen molar-refractivity contribution in [2.24, 2.45) is 0 Å². The molecule has 0 unspecified atom stereocenters. The van der Waals surface area contributed by atoms with Crippen LogP contribution in [0.25, 0.3) is 0 Å². The van der Waals surface area contributed by atoms with Gasteiger partial charge in [-0.05, 0) is 37.0 Å². The first-order valence-corrected chi connectivity index (χ1v) is 9.86. The molecule has 3 aromatic carbocycles. The van der Waals surface area contributed by atoms with Gasteiger partial charge in [0.1, 0.15) is 6.61 Å². The predicted octanol–water partition coefficient (Wildman–Crippen LogP) is 5.39. The molecule has 28 heavy (non-hydrogen) atoms. The molecule has 3 aromatic rings. The number of para-hydroxylation sites is 1. The molecule has 146 valence electrons. The molecule has 3 nitrogen and oxygen atoms in total. The Morgan fingerprint density at radius 3 is 2.18 bits per heavy atom. The summed E-state index contributed by atoms with van der Waals surface area (Å²) in [6.07, 6.45) is 2.17. The highest BCUT2D eigenvalue weighted by molar-refractivity contribution is 5.46. The molecule has 0 spiro atoms. The number of aryl methyl sites for hydroxylation is 1. The zero-order chi connectivity index (χ0) is 19.6. The second-order valence-electron chi connectivity index (χ2n) is 7.03. The summed E-state index contributed by atoms with van der Waals surface area (Å²) in [5, 5.41) is 3.62. The molecular formula is C25H29NO2. The molecule has 1 atom stereocenters. The van der Waals surface area contributed by atoms with Crippen LogP contribution in [0.2, 0.25) is 0 Å². The molecule has 0 radical (unpaired) electrons. The average molecular weight is 376 g/mol. The van der Waals surface area contributed by atoms with Gasteiger partial charge >= 0.3 is 0 Å². The highest BCUT2D eigenvalue weighted by Gasteiger charge is 2.12. The highest BCUT2D eigenvalue weighted by atomic mass is 16.5. The number of ether oxygens (including phenoxy) is 2. The molecule has 0 aromatic heterocycles. The van der Waals surface area contributed by atoms with Crippen LogP contribution < -0.4 is 14.8 Å². The van der Waals surface area contributed by atoms with Crippen LogP contribution in [-0.2, 0) is 19.6 Å². The summed E-state index contributed by atoms with van der Waals surface area (Å²) in [6.45, 7) is 3.50. The minimum atomic E-state index is 0.411. The Hall–Kier alpha value is -2.78. The maximum absolute atomic E-state index is 6.14. The van der Waals surface area contributed by atoms with Crippen molar-refractivity contribution < 1.29 is 9.47 Å². The van der Waals surface area contributed by atoms with Crippen molar-refractivity contribution >= 4 is 0 Å². The molecule has 0 fully saturated rings. The van der Waals surface area contributed by atoms with Gasteiger partial charge in [0, 0.05) is 18.2 Å². The number of methoxy groups -OCH3 is 1. The van der Waals surface area contributed by atoms with Gasteiger partial charge in [0.25, 0.3) is 0 Å². The molecule has 0 saturated heterocycles. The van der Waals surface area contributed by atoms with Gasteiger partial charge in [-0.3, -0.25) is 0 Å². The van der Waals surface area contributed by atoms with Crippen molar-refractivity contribution in [3.05, 3.63) is 95.6 Å². The maximum atomic E-state index is 6.14. The zero-order valence-corrected chi connectivity index (χ0v) is 16.7. The minimum absolute atomic E-state index is 0.411. The normalized spacial score (nSPS) is 11.8. The smallest absolute Gasteiger partial charge is 0.166 e. The van der Waals surface area contributed by atoms with E-state index in [1.807, 2.05) is 30.3 Å². The van der Waals surface area contributed by atoms with Crippen LogP contribution >= 0.6 is 0 Å². The van der Waals surface area contributed by atoms with Gasteiger partial charge in [-0.1, -0.05) is 72.8 Å². The van der Waals surface area contributed by atoms with Crippen molar-refractivity contribution in [2.45, 2.75) is 39.0 Å². The van der Waals surface area contributed by atoms with Gasteiger partial charge in [0.15, 0.2) is 11.5 Å². The Kier molecular flexibility index (Phi) is 7.51. The fourth-order valence-corrected chi connectivity index (χ4v) is 3.17. The molecule has 0 aliphatic carbocycles. The summed E-state index contributed by atoms with van der Waals surface area (Å²) < 4.78 is 11.7. The number of rotatable bonds is 10. The van der Waals surface area contributed by atoms with Gasteiger partial charge < -0.3 is 14.8 Å². The molecule has 0 bridgehead atoms. The fourth-order valence-electron chi connectivity index (χ4n) is 3.17. The number of hydrogen-bond donors (Lipinski definition) is 1. The van der Waals surface area contributed by atoms with E-state index in [1.165, 1.54) is 5.56 Å². The average Bonchev–Trinajstić information content (AvgIpc) is 2.76. The fraction of sp³-hybridized carbons (Fsp3) is 0.280. The Bertz CT molecular complexity index is 834. The third kappa shape index (κ3) is 5.86. The van der Waals surface area contributed by atoms with Gasteiger partial charge in [-0.15, -0.1) is 0 Å². The van der Waals surface area contributed by atoms with E-state index in [2.05, 4.69) is 60.8 Å². The first-order valence-electron chi connectivity index (χ1n) is 9.86. The quantitative estimate of drug-likeness (QED) is 0.516. The van der Waals surface area contributed by atoms with Crippen molar-refractivity contribution in [1.82, 2.24) is 5.32 Å². The van der Waals surface area contributed by atoms with Crippen LogP contribution in [0.4, 0.5) is 0 Å². The Morgan fingerprint density at radius 2 is 1.50 bits per heavy atom. The van der Waals surface area contributed by atoms with Crippen LogP contribution in [0.1, 0.15) is 30.0 Å². The minimum Gasteiger partial charge on any atom is -0.493 e. The van der Waals surface area contributed by atoms with Crippen molar-refractivity contribution in [1.29, 1.82) is 0 Å². The van der Waals surface area contributed by atoms with Gasteiger partial charge in [0.05, 0.1) is 7.11 Å². The Balaban J connectivity index is 1.59. The van der Waals surface area contributed by atoms with E-state index in [9.17, 15) is 0 Å². The number of hydrogen-bond acceptors (Lipinski definition) is 3. The lowest BCUT2D eigenvalue weighted by atomic mass is 10.1. The second kappa shape index (κ2) is 10.5. The third-order valence-electron chi connectivity index (χ3n) is 4.86. The first-order chi connectivity index (χ1) is 13.8. The van der Waals surface area contributed by atoms with E-state index in [-0.39, 0.29) is 0 Å². The van der Waals surface area contributed by atoms with E-state index in [4.69, 9.17) is 9.47 Å². The SMILES string of the molecule is COc1cccc(CN[C@@H](C)CCc2ccccc2)c1OCc1ccccc1. The van der Waals surface area contributed by atoms with Crippen LogP contribution in [0.3, 0.4) is 0 Å². The molecule has 1 N–H and O–H groups in total. The van der Waals surface area contributed by atoms with E-state index < -0.39 is 0 Å². The largest absolute Gasteiger partial charge is 0.493 e. The summed E-state index contributed by atoms with van der Waals surface area (Å²) in [5.41, 5.74) is 3.63. The second-order valence-corrected chi connectivity index (χ2v) is 7.03. The molecular weight excluding hydrogens is 346 g/mol. The van der Waals surface area contributed by atoms with Crippen LogP contribution in [0.5, 0.6) is 11.5 Å². The Labute approximate surface area is 168 Å². The summed E-state index contributed by atoms with van der Waals surface area (Å²) in [7, 11) is 1.68. The van der Waals surface area contributed by atoms with Gasteiger partial charge in [-0.25, -0.2) is 0 Å². The highest BCUT2D eigenvalue weighted by Crippen LogP contribution is 2.32. The van der Waals surface area contributed by atoms with E-state index >= 15 is 0 Å². The van der Waals surface area contributed by atoms with Crippen molar-refractivity contribution in [3.63, 3.8) is 0 Å². The topological polar surface area (TPSA) is 30.5 Å². The number of nitrogens with one attached hydrogen (secondary N) is 1. The lowest BCUT2D eigenvalue weighted by molar-refractivity contribution is 0.280. The van der Waals surface area contributed by atoms with Gasteiger partial charge in [0.2, 0.25) is 0 Å². The van der Waals surface area contributed by atoms with Crippen LogP contribution in [0, 0.1) is 0 Å². The predicted molar refractivity (Wildman–Crippen MR) is 115 cm³/mol. The lowest BCUT2D eigenvalue weighted by Gasteiger charge is -2.18. The first kappa shape index (κ1) is 20.0. The van der Waals surface area contributed by atoms with Crippen molar-refractivity contribution in [2.75, 3.05) is 7.11 Å². The zero-order valence-electron chi connectivity index (χ0n) is 16.7. The summed E-state index contributed by atoms with van der Waals surface area (Å²) >= 11 is 0. The summed E-state index contributed by atoms with van der Waals surface area (Å²) in [5.74, 6) is 1.59. The monoisotopic (exact) mass is 375 g/mol. The standard InChI is InChI=1S/C25H29NO2/c1-20(16-17-21-10-5-3-6-11-21)26-18-23-14-9-15-24(27-2)25(23)28-19-22-12-7-4-8-13-22/h3-15,20,26H,16-19H2,1-2H3/t20-/m0/s1. The van der Waals surface area contributed by atoms with E-state index in [0.717, 1.165) is 42.0 Å². The van der Waals surface area contributed by atoms with E-state index in [1.54, 1.807) is 7.11 Å². The molecule has 0 heterocycles. The summed E-state index contributed by atoms with van der Waals surface area (Å²) in [4.78, 5) is 0. The molecule has 3 rings (SSSR count). The molecule has 0 aliphatic rings. The van der Waals surface area contributed by atoms with Crippen LogP contribution in [-0.4, -0.2) is 13.2 Å². The molecule has 0 aliphatic heterocycles. The maximum Gasteiger partial charge on any atom is 0.166 e. The molecule has 0 amide bonds. The molecule has 0 saturated carbocycles. The summed E-state index contributed by atoms with van der Waals surface area (Å²) in [6, 6.07) is 27.3. The Morgan fingerprint density at radius 1 is 0.821 bits per heavy atom. The number of benzene rings is 3. The third-order valence-corrected chi connectivity index (χ3v) is 4.86. The molecule has 3 heteroatoms. The van der Waals surface area contributed by atoms with Crippen LogP contribution in [0.15, 0.2) is 78.9 Å². The van der Waals surface area contributed by atoms with E-state index in [0.29, 0.717) is 12.6 Å².